The van der Waals surface area contributed by atoms with E-state index in [1.54, 1.807) is 46.2 Å². The van der Waals surface area contributed by atoms with Crippen molar-refractivity contribution in [3.8, 4) is 0 Å². The van der Waals surface area contributed by atoms with Crippen molar-refractivity contribution in [3.63, 3.8) is 0 Å². The van der Waals surface area contributed by atoms with Gasteiger partial charge in [-0.2, -0.15) is 0 Å². The van der Waals surface area contributed by atoms with Gasteiger partial charge in [-0.05, 0) is 18.6 Å². The van der Waals surface area contributed by atoms with Crippen LogP contribution in [0, 0.1) is 0 Å². The molecule has 0 aliphatic carbocycles. The SMILES string of the molecule is O=C(CSCC(=O)N1CCCN(C(=O)c2ccccc2Cl)CC1)c1ccccc1. The fraction of sp³-hybridized carbons (Fsp3) is 0.318. The van der Waals surface area contributed by atoms with Crippen molar-refractivity contribution in [3.05, 3.63) is 70.7 Å². The summed E-state index contributed by atoms with van der Waals surface area (Å²) in [5, 5.41) is 0.439. The van der Waals surface area contributed by atoms with Crippen molar-refractivity contribution in [2.45, 2.75) is 6.42 Å². The molecule has 1 aliphatic rings. The lowest BCUT2D eigenvalue weighted by atomic mass is 10.2. The van der Waals surface area contributed by atoms with Gasteiger partial charge < -0.3 is 9.80 Å². The molecule has 152 valence electrons. The number of nitrogens with zero attached hydrogens (tertiary/aromatic N) is 2. The van der Waals surface area contributed by atoms with Gasteiger partial charge in [-0.15, -0.1) is 11.8 Å². The number of carbonyl (C=O) groups is 3. The standard InChI is InChI=1S/C22H23ClN2O3S/c23-19-10-5-4-9-18(19)22(28)25-12-6-11-24(13-14-25)21(27)16-29-15-20(26)17-7-2-1-3-8-17/h1-5,7-10H,6,11-16H2. The number of rotatable bonds is 6. The molecule has 2 aromatic carbocycles. The van der Waals surface area contributed by atoms with Gasteiger partial charge in [0.05, 0.1) is 22.1 Å². The summed E-state index contributed by atoms with van der Waals surface area (Å²) in [4.78, 5) is 40.9. The van der Waals surface area contributed by atoms with Crippen LogP contribution in [0.15, 0.2) is 54.6 Å². The lowest BCUT2D eigenvalue weighted by Crippen LogP contribution is -2.38. The summed E-state index contributed by atoms with van der Waals surface area (Å²) in [6.45, 7) is 2.16. The molecule has 0 bridgehead atoms. The molecular weight excluding hydrogens is 408 g/mol. The van der Waals surface area contributed by atoms with Gasteiger partial charge in [-0.3, -0.25) is 14.4 Å². The van der Waals surface area contributed by atoms with E-state index in [4.69, 9.17) is 11.6 Å². The lowest BCUT2D eigenvalue weighted by Gasteiger charge is -2.22. The molecule has 7 heteroatoms. The number of hydrogen-bond donors (Lipinski definition) is 0. The Bertz CT molecular complexity index is 875. The zero-order valence-corrected chi connectivity index (χ0v) is 17.6. The molecule has 2 aromatic rings. The number of amides is 2. The second kappa shape index (κ2) is 10.5. The zero-order valence-electron chi connectivity index (χ0n) is 16.1. The highest BCUT2D eigenvalue weighted by atomic mass is 35.5. The van der Waals surface area contributed by atoms with E-state index < -0.39 is 0 Å². The highest BCUT2D eigenvalue weighted by molar-refractivity contribution is 8.00. The summed E-state index contributed by atoms with van der Waals surface area (Å²) < 4.78 is 0. The van der Waals surface area contributed by atoms with Crippen molar-refractivity contribution in [2.24, 2.45) is 0 Å². The Kier molecular flexibility index (Phi) is 7.72. The Morgan fingerprint density at radius 3 is 2.24 bits per heavy atom. The summed E-state index contributed by atoms with van der Waals surface area (Å²) in [6, 6.07) is 16.1. The van der Waals surface area contributed by atoms with E-state index in [0.29, 0.717) is 42.3 Å². The topological polar surface area (TPSA) is 57.7 Å². The van der Waals surface area contributed by atoms with Gasteiger partial charge in [-0.1, -0.05) is 54.1 Å². The third-order valence-electron chi connectivity index (χ3n) is 4.79. The molecule has 1 heterocycles. The van der Waals surface area contributed by atoms with Gasteiger partial charge in [0.1, 0.15) is 0 Å². The second-order valence-corrected chi connectivity index (χ2v) is 8.18. The molecule has 0 aromatic heterocycles. The van der Waals surface area contributed by atoms with Crippen LogP contribution in [-0.2, 0) is 4.79 Å². The fourth-order valence-electron chi connectivity index (χ4n) is 3.20. The minimum Gasteiger partial charge on any atom is -0.340 e. The number of benzene rings is 2. The first-order chi connectivity index (χ1) is 14.1. The Balaban J connectivity index is 1.47. The third kappa shape index (κ3) is 5.84. The van der Waals surface area contributed by atoms with Crippen LogP contribution in [0.1, 0.15) is 27.1 Å². The smallest absolute Gasteiger partial charge is 0.255 e. The molecule has 3 rings (SSSR count). The van der Waals surface area contributed by atoms with Crippen LogP contribution in [-0.4, -0.2) is 65.1 Å². The minimum atomic E-state index is -0.104. The van der Waals surface area contributed by atoms with Crippen molar-refractivity contribution in [2.75, 3.05) is 37.7 Å². The summed E-state index contributed by atoms with van der Waals surface area (Å²) in [5.74, 6) is 0.462. The van der Waals surface area contributed by atoms with Gasteiger partial charge in [0.25, 0.3) is 5.91 Å². The molecule has 0 radical (unpaired) electrons. The highest BCUT2D eigenvalue weighted by Gasteiger charge is 2.24. The van der Waals surface area contributed by atoms with Crippen LogP contribution in [0.2, 0.25) is 5.02 Å². The quantitative estimate of drug-likeness (QED) is 0.656. The van der Waals surface area contributed by atoms with E-state index in [1.165, 1.54) is 11.8 Å². The van der Waals surface area contributed by atoms with E-state index in [1.807, 2.05) is 18.2 Å². The molecule has 1 saturated heterocycles. The molecule has 0 N–H and O–H groups in total. The zero-order chi connectivity index (χ0) is 20.6. The summed E-state index contributed by atoms with van der Waals surface area (Å²) in [5.41, 5.74) is 1.15. The van der Waals surface area contributed by atoms with Crippen LogP contribution in [0.25, 0.3) is 0 Å². The van der Waals surface area contributed by atoms with Gasteiger partial charge >= 0.3 is 0 Å². The molecule has 0 spiro atoms. The predicted molar refractivity (Wildman–Crippen MR) is 117 cm³/mol. The van der Waals surface area contributed by atoms with Crippen LogP contribution >= 0.6 is 23.4 Å². The van der Waals surface area contributed by atoms with E-state index in [-0.39, 0.29) is 29.1 Å². The molecule has 29 heavy (non-hydrogen) atoms. The number of carbonyl (C=O) groups excluding carboxylic acids is 3. The number of halogens is 1. The van der Waals surface area contributed by atoms with E-state index in [9.17, 15) is 14.4 Å². The van der Waals surface area contributed by atoms with Crippen molar-refractivity contribution < 1.29 is 14.4 Å². The van der Waals surface area contributed by atoms with Gasteiger partial charge in [0, 0.05) is 31.7 Å². The normalized spacial score (nSPS) is 14.4. The Morgan fingerprint density at radius 1 is 0.828 bits per heavy atom. The predicted octanol–water partition coefficient (Wildman–Crippen LogP) is 3.63. The van der Waals surface area contributed by atoms with Crippen LogP contribution in [0.4, 0.5) is 0 Å². The lowest BCUT2D eigenvalue weighted by molar-refractivity contribution is -0.128. The van der Waals surface area contributed by atoms with Gasteiger partial charge in [0.2, 0.25) is 5.91 Å². The largest absolute Gasteiger partial charge is 0.340 e. The molecule has 1 aliphatic heterocycles. The summed E-state index contributed by atoms with van der Waals surface area (Å²) in [6.07, 6.45) is 0.718. The first-order valence-electron chi connectivity index (χ1n) is 9.54. The van der Waals surface area contributed by atoms with E-state index >= 15 is 0 Å². The van der Waals surface area contributed by atoms with Crippen LogP contribution in [0.5, 0.6) is 0 Å². The molecule has 0 unspecified atom stereocenters. The Hall–Kier alpha value is -2.31. The van der Waals surface area contributed by atoms with Gasteiger partial charge in [0.15, 0.2) is 5.78 Å². The van der Waals surface area contributed by atoms with E-state index in [2.05, 4.69) is 0 Å². The Morgan fingerprint density at radius 2 is 1.48 bits per heavy atom. The molecular formula is C22H23ClN2O3S. The maximum absolute atomic E-state index is 12.7. The van der Waals surface area contributed by atoms with Crippen molar-refractivity contribution >= 4 is 41.0 Å². The van der Waals surface area contributed by atoms with Crippen molar-refractivity contribution in [1.29, 1.82) is 0 Å². The summed E-state index contributed by atoms with van der Waals surface area (Å²) >= 11 is 7.47. The summed E-state index contributed by atoms with van der Waals surface area (Å²) in [7, 11) is 0. The van der Waals surface area contributed by atoms with E-state index in [0.717, 1.165) is 6.42 Å². The third-order valence-corrected chi connectivity index (χ3v) is 6.04. The number of thioether (sulfide) groups is 1. The number of ketones is 1. The number of hydrogen-bond acceptors (Lipinski definition) is 4. The monoisotopic (exact) mass is 430 g/mol. The van der Waals surface area contributed by atoms with Crippen LogP contribution in [0.3, 0.4) is 0 Å². The average molecular weight is 431 g/mol. The average Bonchev–Trinajstić information content (AvgIpc) is 3.00. The molecule has 2 amide bonds. The fourth-order valence-corrected chi connectivity index (χ4v) is 4.23. The maximum atomic E-state index is 12.7. The molecule has 0 atom stereocenters. The maximum Gasteiger partial charge on any atom is 0.255 e. The van der Waals surface area contributed by atoms with Crippen molar-refractivity contribution in [1.82, 2.24) is 9.80 Å². The molecule has 1 fully saturated rings. The molecule has 5 nitrogen and oxygen atoms in total. The highest BCUT2D eigenvalue weighted by Crippen LogP contribution is 2.18. The Labute approximate surface area is 180 Å². The first kappa shape index (κ1) is 21.4. The second-order valence-electron chi connectivity index (χ2n) is 6.79. The molecule has 0 saturated carbocycles. The minimum absolute atomic E-state index is 0.00269. The first-order valence-corrected chi connectivity index (χ1v) is 11.1. The van der Waals surface area contributed by atoms with Crippen LogP contribution < -0.4 is 0 Å². The van der Waals surface area contributed by atoms with Gasteiger partial charge in [-0.25, -0.2) is 0 Å². The number of Topliss-reactive ketones (excluding diaryl/α,β-unsaturated/α-hetero) is 1.